The molecule has 0 aliphatic carbocycles. The van der Waals surface area contributed by atoms with E-state index in [9.17, 15) is 8.78 Å². The summed E-state index contributed by atoms with van der Waals surface area (Å²) in [6.07, 6.45) is -2.33. The third-order valence-electron chi connectivity index (χ3n) is 2.79. The molecule has 90 valence electrons. The monoisotopic (exact) mass is 227 g/mol. The Morgan fingerprint density at radius 1 is 1.12 bits per heavy atom. The van der Waals surface area contributed by atoms with Crippen molar-refractivity contribution >= 4 is 0 Å². The fourth-order valence-electron chi connectivity index (χ4n) is 1.78. The third kappa shape index (κ3) is 3.27. The van der Waals surface area contributed by atoms with Crippen LogP contribution in [0.5, 0.6) is 0 Å². The SMILES string of the molecule is Cc1ccc(C)c(C(C)NC(C)C(F)F)c1. The van der Waals surface area contributed by atoms with E-state index in [4.69, 9.17) is 0 Å². The van der Waals surface area contributed by atoms with Gasteiger partial charge in [0.15, 0.2) is 0 Å². The average Bonchev–Trinajstić information content (AvgIpc) is 2.21. The summed E-state index contributed by atoms with van der Waals surface area (Å²) in [5.74, 6) is 0. The van der Waals surface area contributed by atoms with Gasteiger partial charge in [-0.05, 0) is 38.8 Å². The van der Waals surface area contributed by atoms with Crippen LogP contribution < -0.4 is 5.32 Å². The first-order chi connectivity index (χ1) is 7.41. The molecule has 1 N–H and O–H groups in total. The summed E-state index contributed by atoms with van der Waals surface area (Å²) < 4.78 is 24.8. The van der Waals surface area contributed by atoms with Gasteiger partial charge in [-0.2, -0.15) is 0 Å². The highest BCUT2D eigenvalue weighted by molar-refractivity contribution is 5.32. The topological polar surface area (TPSA) is 12.0 Å². The highest BCUT2D eigenvalue weighted by Crippen LogP contribution is 2.20. The summed E-state index contributed by atoms with van der Waals surface area (Å²) in [4.78, 5) is 0. The molecule has 0 bridgehead atoms. The van der Waals surface area contributed by atoms with E-state index < -0.39 is 12.5 Å². The molecule has 0 aromatic heterocycles. The molecule has 1 aromatic rings. The zero-order valence-electron chi connectivity index (χ0n) is 10.2. The number of halogens is 2. The van der Waals surface area contributed by atoms with Crippen LogP contribution in [0.3, 0.4) is 0 Å². The lowest BCUT2D eigenvalue weighted by Gasteiger charge is -2.21. The molecule has 3 heteroatoms. The molecule has 0 fully saturated rings. The molecule has 1 aromatic carbocycles. The predicted molar refractivity (Wildman–Crippen MR) is 62.9 cm³/mol. The number of hydrogen-bond donors (Lipinski definition) is 1. The van der Waals surface area contributed by atoms with Gasteiger partial charge in [0.05, 0.1) is 6.04 Å². The summed E-state index contributed by atoms with van der Waals surface area (Å²) >= 11 is 0. The fourth-order valence-corrected chi connectivity index (χ4v) is 1.78. The Kier molecular flexibility index (Phi) is 4.42. The van der Waals surface area contributed by atoms with Crippen LogP contribution in [0.15, 0.2) is 18.2 Å². The molecule has 0 amide bonds. The zero-order valence-corrected chi connectivity index (χ0v) is 10.2. The van der Waals surface area contributed by atoms with Crippen molar-refractivity contribution in [3.8, 4) is 0 Å². The molecule has 0 heterocycles. The van der Waals surface area contributed by atoms with E-state index in [1.807, 2.05) is 39.0 Å². The van der Waals surface area contributed by atoms with Crippen LogP contribution in [-0.2, 0) is 0 Å². The van der Waals surface area contributed by atoms with Crippen LogP contribution in [0.1, 0.15) is 36.6 Å². The van der Waals surface area contributed by atoms with Crippen molar-refractivity contribution in [1.29, 1.82) is 0 Å². The van der Waals surface area contributed by atoms with Gasteiger partial charge in [-0.15, -0.1) is 0 Å². The molecule has 1 nitrogen and oxygen atoms in total. The van der Waals surface area contributed by atoms with Gasteiger partial charge in [-0.3, -0.25) is 0 Å². The van der Waals surface area contributed by atoms with Crippen LogP contribution in [0.25, 0.3) is 0 Å². The second-order valence-electron chi connectivity index (χ2n) is 4.37. The number of alkyl halides is 2. The van der Waals surface area contributed by atoms with Crippen molar-refractivity contribution in [2.75, 3.05) is 0 Å². The maximum atomic E-state index is 12.4. The standard InChI is InChI=1S/C13H19F2N/c1-8-5-6-9(2)12(7-8)10(3)16-11(4)13(14)15/h5-7,10-11,13,16H,1-4H3. The van der Waals surface area contributed by atoms with E-state index in [2.05, 4.69) is 5.32 Å². The smallest absolute Gasteiger partial charge is 0.253 e. The van der Waals surface area contributed by atoms with E-state index >= 15 is 0 Å². The number of hydrogen-bond acceptors (Lipinski definition) is 1. The Bertz CT molecular complexity index is 350. The van der Waals surface area contributed by atoms with Gasteiger partial charge in [0.25, 0.3) is 6.43 Å². The van der Waals surface area contributed by atoms with E-state index in [-0.39, 0.29) is 6.04 Å². The van der Waals surface area contributed by atoms with Gasteiger partial charge in [-0.25, -0.2) is 8.78 Å². The van der Waals surface area contributed by atoms with Gasteiger partial charge in [0.2, 0.25) is 0 Å². The maximum absolute atomic E-state index is 12.4. The molecule has 1 rings (SSSR count). The molecular weight excluding hydrogens is 208 g/mol. The minimum atomic E-state index is -2.33. The summed E-state index contributed by atoms with van der Waals surface area (Å²) in [5, 5.41) is 2.91. The second kappa shape index (κ2) is 5.39. The Labute approximate surface area is 95.9 Å². The predicted octanol–water partition coefficient (Wildman–Crippen LogP) is 3.61. The normalized spacial score (nSPS) is 15.2. The zero-order chi connectivity index (χ0) is 12.3. The Morgan fingerprint density at radius 3 is 2.31 bits per heavy atom. The first-order valence-electron chi connectivity index (χ1n) is 5.53. The van der Waals surface area contributed by atoms with Crippen LogP contribution in [-0.4, -0.2) is 12.5 Å². The summed E-state index contributed by atoms with van der Waals surface area (Å²) in [7, 11) is 0. The van der Waals surface area contributed by atoms with Crippen molar-refractivity contribution in [1.82, 2.24) is 5.32 Å². The molecule has 0 saturated carbocycles. The van der Waals surface area contributed by atoms with E-state index in [1.54, 1.807) is 0 Å². The van der Waals surface area contributed by atoms with Gasteiger partial charge >= 0.3 is 0 Å². The highest BCUT2D eigenvalue weighted by atomic mass is 19.3. The van der Waals surface area contributed by atoms with Crippen LogP contribution >= 0.6 is 0 Å². The van der Waals surface area contributed by atoms with Gasteiger partial charge < -0.3 is 5.32 Å². The first kappa shape index (κ1) is 13.1. The minimum absolute atomic E-state index is 0.0519. The number of aryl methyl sites for hydroxylation is 2. The Morgan fingerprint density at radius 2 is 1.75 bits per heavy atom. The average molecular weight is 227 g/mol. The molecule has 0 radical (unpaired) electrons. The highest BCUT2D eigenvalue weighted by Gasteiger charge is 2.18. The lowest BCUT2D eigenvalue weighted by Crippen LogP contribution is -2.34. The number of rotatable bonds is 4. The maximum Gasteiger partial charge on any atom is 0.253 e. The van der Waals surface area contributed by atoms with E-state index in [0.717, 1.165) is 16.7 Å². The second-order valence-corrected chi connectivity index (χ2v) is 4.37. The largest absolute Gasteiger partial charge is 0.302 e. The fraction of sp³-hybridized carbons (Fsp3) is 0.538. The van der Waals surface area contributed by atoms with Crippen LogP contribution in [0.2, 0.25) is 0 Å². The first-order valence-corrected chi connectivity index (χ1v) is 5.53. The Balaban J connectivity index is 2.80. The molecular formula is C13H19F2N. The molecule has 16 heavy (non-hydrogen) atoms. The number of nitrogens with one attached hydrogen (secondary N) is 1. The van der Waals surface area contributed by atoms with E-state index in [1.165, 1.54) is 6.92 Å². The molecule has 0 aliphatic rings. The summed E-state index contributed by atoms with van der Waals surface area (Å²) in [5.41, 5.74) is 3.37. The molecule has 2 atom stereocenters. The van der Waals surface area contributed by atoms with Gasteiger partial charge in [-0.1, -0.05) is 23.8 Å². The van der Waals surface area contributed by atoms with Crippen LogP contribution in [0, 0.1) is 13.8 Å². The number of benzene rings is 1. The van der Waals surface area contributed by atoms with Crippen molar-refractivity contribution in [2.24, 2.45) is 0 Å². The lowest BCUT2D eigenvalue weighted by molar-refractivity contribution is 0.101. The van der Waals surface area contributed by atoms with Gasteiger partial charge in [0, 0.05) is 6.04 Å². The van der Waals surface area contributed by atoms with Crippen LogP contribution in [0.4, 0.5) is 8.78 Å². The van der Waals surface area contributed by atoms with Crippen molar-refractivity contribution < 1.29 is 8.78 Å². The van der Waals surface area contributed by atoms with E-state index in [0.29, 0.717) is 0 Å². The van der Waals surface area contributed by atoms with Crippen molar-refractivity contribution in [2.45, 2.75) is 46.2 Å². The Hall–Kier alpha value is -0.960. The molecule has 0 aliphatic heterocycles. The minimum Gasteiger partial charge on any atom is -0.302 e. The quantitative estimate of drug-likeness (QED) is 0.828. The third-order valence-corrected chi connectivity index (χ3v) is 2.79. The summed E-state index contributed by atoms with van der Waals surface area (Å²) in [6, 6.07) is 5.27. The molecule has 0 saturated heterocycles. The molecule has 2 unspecified atom stereocenters. The molecule has 0 spiro atoms. The van der Waals surface area contributed by atoms with Crippen molar-refractivity contribution in [3.05, 3.63) is 34.9 Å². The van der Waals surface area contributed by atoms with Crippen molar-refractivity contribution in [3.63, 3.8) is 0 Å². The van der Waals surface area contributed by atoms with Gasteiger partial charge in [0.1, 0.15) is 0 Å². The lowest BCUT2D eigenvalue weighted by atomic mass is 9.99. The summed E-state index contributed by atoms with van der Waals surface area (Å²) in [6.45, 7) is 7.43.